The number of nitrogens with one attached hydrogen (secondary N) is 2. The standard InChI is InChI=1S/C19H14FN5O/c1-12-10-17(18(26)23-15-8-4-2-6-13(15)11-21)25-19(22-12)24-16-9-5-3-7-14(16)20/h2-10H,1H3,(H,23,26)(H,22,24,25). The molecule has 1 heterocycles. The van der Waals surface area contributed by atoms with E-state index in [-0.39, 0.29) is 17.3 Å². The van der Waals surface area contributed by atoms with Gasteiger partial charge in [-0.15, -0.1) is 0 Å². The summed E-state index contributed by atoms with van der Waals surface area (Å²) < 4.78 is 13.8. The number of aromatic nitrogens is 2. The molecule has 1 amide bonds. The Bertz CT molecular complexity index is 1010. The molecule has 6 nitrogen and oxygen atoms in total. The molecule has 0 aliphatic carbocycles. The van der Waals surface area contributed by atoms with E-state index in [0.717, 1.165) is 0 Å². The van der Waals surface area contributed by atoms with Crippen molar-refractivity contribution in [2.45, 2.75) is 6.92 Å². The number of anilines is 3. The van der Waals surface area contributed by atoms with Crippen LogP contribution in [-0.2, 0) is 0 Å². The molecule has 7 heteroatoms. The van der Waals surface area contributed by atoms with Crippen LogP contribution in [0.5, 0.6) is 0 Å². The average molecular weight is 347 g/mol. The molecular weight excluding hydrogens is 333 g/mol. The van der Waals surface area contributed by atoms with Crippen molar-refractivity contribution in [2.24, 2.45) is 0 Å². The molecule has 128 valence electrons. The second-order valence-electron chi connectivity index (χ2n) is 5.43. The molecule has 0 spiro atoms. The SMILES string of the molecule is Cc1cc(C(=O)Nc2ccccc2C#N)nc(Nc2ccccc2F)n1. The molecule has 0 saturated heterocycles. The van der Waals surface area contributed by atoms with Gasteiger partial charge in [-0.3, -0.25) is 4.79 Å². The van der Waals surface area contributed by atoms with Crippen LogP contribution in [0.1, 0.15) is 21.7 Å². The Balaban J connectivity index is 1.86. The van der Waals surface area contributed by atoms with Crippen molar-refractivity contribution in [3.05, 3.63) is 77.4 Å². The van der Waals surface area contributed by atoms with Gasteiger partial charge >= 0.3 is 0 Å². The van der Waals surface area contributed by atoms with Crippen molar-refractivity contribution in [3.63, 3.8) is 0 Å². The van der Waals surface area contributed by atoms with Crippen LogP contribution in [0.25, 0.3) is 0 Å². The molecule has 0 saturated carbocycles. The minimum absolute atomic E-state index is 0.101. The van der Waals surface area contributed by atoms with Crippen LogP contribution in [0.2, 0.25) is 0 Å². The van der Waals surface area contributed by atoms with Crippen LogP contribution in [-0.4, -0.2) is 15.9 Å². The number of hydrogen-bond acceptors (Lipinski definition) is 5. The second-order valence-corrected chi connectivity index (χ2v) is 5.43. The normalized spacial score (nSPS) is 10.0. The van der Waals surface area contributed by atoms with E-state index in [1.54, 1.807) is 49.4 Å². The summed E-state index contributed by atoms with van der Waals surface area (Å²) in [5, 5.41) is 14.5. The lowest BCUT2D eigenvalue weighted by Crippen LogP contribution is -2.16. The number of rotatable bonds is 4. The number of carbonyl (C=O) groups is 1. The summed E-state index contributed by atoms with van der Waals surface area (Å²) >= 11 is 0. The van der Waals surface area contributed by atoms with Gasteiger partial charge in [0, 0.05) is 5.69 Å². The largest absolute Gasteiger partial charge is 0.322 e. The van der Waals surface area contributed by atoms with Crippen molar-refractivity contribution in [2.75, 3.05) is 10.6 Å². The molecule has 3 rings (SSSR count). The summed E-state index contributed by atoms with van der Waals surface area (Å²) in [4.78, 5) is 20.8. The lowest BCUT2D eigenvalue weighted by atomic mass is 10.2. The molecular formula is C19H14FN5O. The number of hydrogen-bond donors (Lipinski definition) is 2. The molecule has 2 aromatic carbocycles. The van der Waals surface area contributed by atoms with Gasteiger partial charge in [0.15, 0.2) is 0 Å². The van der Waals surface area contributed by atoms with Gasteiger partial charge in [-0.05, 0) is 37.3 Å². The van der Waals surface area contributed by atoms with Gasteiger partial charge in [0.1, 0.15) is 17.6 Å². The molecule has 1 aromatic heterocycles. The Kier molecular flexibility index (Phi) is 4.85. The van der Waals surface area contributed by atoms with Crippen molar-refractivity contribution in [1.29, 1.82) is 5.26 Å². The molecule has 0 aliphatic rings. The number of aryl methyl sites for hydroxylation is 1. The maximum absolute atomic E-state index is 13.8. The third-order valence-electron chi connectivity index (χ3n) is 3.50. The van der Waals surface area contributed by atoms with Crippen LogP contribution >= 0.6 is 0 Å². The van der Waals surface area contributed by atoms with Crippen LogP contribution in [0.3, 0.4) is 0 Å². The van der Waals surface area contributed by atoms with Gasteiger partial charge in [-0.1, -0.05) is 24.3 Å². The average Bonchev–Trinajstić information content (AvgIpc) is 2.63. The topological polar surface area (TPSA) is 90.7 Å². The van der Waals surface area contributed by atoms with Gasteiger partial charge < -0.3 is 10.6 Å². The van der Waals surface area contributed by atoms with Gasteiger partial charge in [0.05, 0.1) is 16.9 Å². The number of carbonyl (C=O) groups excluding carboxylic acids is 1. The van der Waals surface area contributed by atoms with Gasteiger partial charge in [-0.25, -0.2) is 14.4 Å². The zero-order valence-electron chi connectivity index (χ0n) is 13.8. The lowest BCUT2D eigenvalue weighted by Gasteiger charge is -2.10. The summed E-state index contributed by atoms with van der Waals surface area (Å²) in [6.45, 7) is 1.70. The highest BCUT2D eigenvalue weighted by molar-refractivity contribution is 6.03. The highest BCUT2D eigenvalue weighted by Crippen LogP contribution is 2.18. The zero-order valence-corrected chi connectivity index (χ0v) is 13.8. The first-order valence-corrected chi connectivity index (χ1v) is 7.74. The van der Waals surface area contributed by atoms with E-state index in [9.17, 15) is 9.18 Å². The second kappa shape index (κ2) is 7.40. The van der Waals surface area contributed by atoms with Gasteiger partial charge in [0.2, 0.25) is 5.95 Å². The van der Waals surface area contributed by atoms with E-state index in [1.165, 1.54) is 12.1 Å². The molecule has 0 aliphatic heterocycles. The Labute approximate surface area is 149 Å². The molecule has 26 heavy (non-hydrogen) atoms. The molecule has 3 aromatic rings. The monoisotopic (exact) mass is 347 g/mol. The van der Waals surface area contributed by atoms with E-state index in [0.29, 0.717) is 16.9 Å². The van der Waals surface area contributed by atoms with Gasteiger partial charge in [0.25, 0.3) is 5.91 Å². The van der Waals surface area contributed by atoms with Crippen LogP contribution in [0.4, 0.5) is 21.7 Å². The van der Waals surface area contributed by atoms with Crippen LogP contribution in [0, 0.1) is 24.1 Å². The van der Waals surface area contributed by atoms with Crippen molar-refractivity contribution in [3.8, 4) is 6.07 Å². The molecule has 2 N–H and O–H groups in total. The lowest BCUT2D eigenvalue weighted by molar-refractivity contribution is 0.102. The first-order chi connectivity index (χ1) is 12.6. The smallest absolute Gasteiger partial charge is 0.274 e. The number of halogens is 1. The number of amides is 1. The van der Waals surface area contributed by atoms with Crippen LogP contribution in [0.15, 0.2) is 54.6 Å². The van der Waals surface area contributed by atoms with Gasteiger partial charge in [-0.2, -0.15) is 5.26 Å². The maximum atomic E-state index is 13.8. The minimum Gasteiger partial charge on any atom is -0.322 e. The van der Waals surface area contributed by atoms with Crippen molar-refractivity contribution in [1.82, 2.24) is 9.97 Å². The molecule has 0 atom stereocenters. The molecule has 0 bridgehead atoms. The number of nitriles is 1. The zero-order chi connectivity index (χ0) is 18.5. The third kappa shape index (κ3) is 3.82. The van der Waals surface area contributed by atoms with Crippen molar-refractivity contribution >= 4 is 23.2 Å². The molecule has 0 radical (unpaired) electrons. The fraction of sp³-hybridized carbons (Fsp3) is 0.0526. The van der Waals surface area contributed by atoms with E-state index in [4.69, 9.17) is 5.26 Å². The summed E-state index contributed by atoms with van der Waals surface area (Å²) in [6.07, 6.45) is 0. The predicted octanol–water partition coefficient (Wildman–Crippen LogP) is 3.79. The Hall–Kier alpha value is -3.79. The summed E-state index contributed by atoms with van der Waals surface area (Å²) in [6, 6.07) is 16.3. The number of benzene rings is 2. The minimum atomic E-state index is -0.491. The highest BCUT2D eigenvalue weighted by Gasteiger charge is 2.13. The third-order valence-corrected chi connectivity index (χ3v) is 3.50. The first-order valence-electron chi connectivity index (χ1n) is 7.74. The number of para-hydroxylation sites is 2. The fourth-order valence-corrected chi connectivity index (χ4v) is 2.30. The number of nitrogens with zero attached hydrogens (tertiary/aromatic N) is 3. The molecule has 0 fully saturated rings. The van der Waals surface area contributed by atoms with Crippen LogP contribution < -0.4 is 10.6 Å². The summed E-state index contributed by atoms with van der Waals surface area (Å²) in [5.74, 6) is -0.838. The van der Waals surface area contributed by atoms with E-state index in [2.05, 4.69) is 20.6 Å². The Morgan fingerprint density at radius 3 is 2.50 bits per heavy atom. The first kappa shape index (κ1) is 17.0. The maximum Gasteiger partial charge on any atom is 0.274 e. The van der Waals surface area contributed by atoms with Crippen molar-refractivity contribution < 1.29 is 9.18 Å². The van der Waals surface area contributed by atoms with E-state index in [1.807, 2.05) is 6.07 Å². The highest BCUT2D eigenvalue weighted by atomic mass is 19.1. The molecule has 0 unspecified atom stereocenters. The summed E-state index contributed by atoms with van der Waals surface area (Å²) in [5.41, 5.74) is 1.58. The van der Waals surface area contributed by atoms with E-state index >= 15 is 0 Å². The quantitative estimate of drug-likeness (QED) is 0.749. The Morgan fingerprint density at radius 2 is 1.77 bits per heavy atom. The summed E-state index contributed by atoms with van der Waals surface area (Å²) in [7, 11) is 0. The predicted molar refractivity (Wildman–Crippen MR) is 95.6 cm³/mol. The fourth-order valence-electron chi connectivity index (χ4n) is 2.30. The Morgan fingerprint density at radius 1 is 1.08 bits per heavy atom. The van der Waals surface area contributed by atoms with E-state index < -0.39 is 11.7 Å².